The Morgan fingerprint density at radius 2 is 2.24 bits per heavy atom. The van der Waals surface area contributed by atoms with Gasteiger partial charge in [0, 0.05) is 13.6 Å². The summed E-state index contributed by atoms with van der Waals surface area (Å²) in [5, 5.41) is 20.1. The first-order valence-corrected chi connectivity index (χ1v) is 6.42. The molecule has 5 nitrogen and oxygen atoms in total. The Bertz CT molecular complexity index is 445. The minimum atomic E-state index is -0.625. The molecule has 1 aromatic rings. The third kappa shape index (κ3) is 2.35. The number of rotatable bonds is 3. The van der Waals surface area contributed by atoms with E-state index in [1.165, 1.54) is 11.5 Å². The molecule has 0 radical (unpaired) electrons. The van der Waals surface area contributed by atoms with Crippen LogP contribution in [0, 0.1) is 11.3 Å². The highest BCUT2D eigenvalue weighted by molar-refractivity contribution is 7.10. The van der Waals surface area contributed by atoms with Gasteiger partial charge in [-0.1, -0.05) is 12.8 Å². The molecule has 1 aromatic heterocycles. The lowest BCUT2D eigenvalue weighted by Gasteiger charge is -2.28. The molecule has 3 N–H and O–H groups in total. The van der Waals surface area contributed by atoms with Gasteiger partial charge in [0.25, 0.3) is 0 Å². The molecule has 0 spiro atoms. The van der Waals surface area contributed by atoms with Crippen molar-refractivity contribution in [1.29, 1.82) is 5.26 Å². The van der Waals surface area contributed by atoms with Crippen molar-refractivity contribution in [2.24, 2.45) is 0 Å². The average molecular weight is 252 g/mol. The molecular formula is C11H16N4OS. The van der Waals surface area contributed by atoms with Crippen molar-refractivity contribution >= 4 is 22.4 Å². The number of nitrogen functional groups attached to an aromatic ring is 1. The lowest BCUT2D eigenvalue weighted by Crippen LogP contribution is -2.39. The molecule has 17 heavy (non-hydrogen) atoms. The molecule has 92 valence electrons. The highest BCUT2D eigenvalue weighted by Gasteiger charge is 2.33. The smallest absolute Gasteiger partial charge is 0.157 e. The van der Waals surface area contributed by atoms with Crippen molar-refractivity contribution in [1.82, 2.24) is 4.37 Å². The van der Waals surface area contributed by atoms with Crippen LogP contribution in [0.5, 0.6) is 0 Å². The molecule has 2 rings (SSSR count). The summed E-state index contributed by atoms with van der Waals surface area (Å²) in [6, 6.07) is 2.06. The van der Waals surface area contributed by atoms with Crippen molar-refractivity contribution in [3.8, 4) is 6.07 Å². The van der Waals surface area contributed by atoms with Crippen LogP contribution >= 0.6 is 11.5 Å². The van der Waals surface area contributed by atoms with E-state index < -0.39 is 5.60 Å². The van der Waals surface area contributed by atoms with Gasteiger partial charge in [-0.2, -0.15) is 9.64 Å². The van der Waals surface area contributed by atoms with E-state index in [1.54, 1.807) is 0 Å². The fourth-order valence-electron chi connectivity index (χ4n) is 2.36. The highest BCUT2D eigenvalue weighted by Crippen LogP contribution is 2.34. The summed E-state index contributed by atoms with van der Waals surface area (Å²) in [6.45, 7) is 0.531. The van der Waals surface area contributed by atoms with Crippen molar-refractivity contribution in [2.45, 2.75) is 31.3 Å². The summed E-state index contributed by atoms with van der Waals surface area (Å²) in [5.74, 6) is 0.276. The number of likely N-dealkylation sites (N-methyl/N-ethyl adjacent to an activating group) is 1. The van der Waals surface area contributed by atoms with Gasteiger partial charge in [0.15, 0.2) is 5.82 Å². The summed E-state index contributed by atoms with van der Waals surface area (Å²) in [7, 11) is 1.87. The first kappa shape index (κ1) is 12.1. The van der Waals surface area contributed by atoms with Crippen LogP contribution in [0.25, 0.3) is 0 Å². The van der Waals surface area contributed by atoms with Crippen LogP contribution in [0.2, 0.25) is 0 Å². The molecule has 1 fully saturated rings. The van der Waals surface area contributed by atoms with Crippen molar-refractivity contribution in [3.05, 3.63) is 5.56 Å². The van der Waals surface area contributed by atoms with Gasteiger partial charge >= 0.3 is 0 Å². The van der Waals surface area contributed by atoms with Crippen LogP contribution < -0.4 is 10.6 Å². The minimum absolute atomic E-state index is 0.276. The molecule has 1 aliphatic carbocycles. The van der Waals surface area contributed by atoms with E-state index in [0.717, 1.165) is 30.7 Å². The minimum Gasteiger partial charge on any atom is -0.388 e. The Labute approximate surface area is 105 Å². The van der Waals surface area contributed by atoms with Crippen LogP contribution in [0.4, 0.5) is 10.8 Å². The summed E-state index contributed by atoms with van der Waals surface area (Å²) < 4.78 is 3.98. The van der Waals surface area contributed by atoms with E-state index in [9.17, 15) is 5.11 Å². The number of nitrogens with two attached hydrogens (primary N) is 1. The Morgan fingerprint density at radius 1 is 1.59 bits per heavy atom. The Balaban J connectivity index is 2.14. The number of nitrogens with zero attached hydrogens (tertiary/aromatic N) is 3. The fourth-order valence-corrected chi connectivity index (χ4v) is 3.08. The third-order valence-corrected chi connectivity index (χ3v) is 4.20. The zero-order valence-corrected chi connectivity index (χ0v) is 10.6. The average Bonchev–Trinajstić information content (AvgIpc) is 2.84. The Morgan fingerprint density at radius 3 is 2.82 bits per heavy atom. The highest BCUT2D eigenvalue weighted by atomic mass is 32.1. The second kappa shape index (κ2) is 4.51. The fraction of sp³-hybridized carbons (Fsp3) is 0.636. The van der Waals surface area contributed by atoms with E-state index in [-0.39, 0.29) is 5.82 Å². The van der Waals surface area contributed by atoms with Gasteiger partial charge in [0.05, 0.1) is 5.60 Å². The lowest BCUT2D eigenvalue weighted by atomic mass is 10.0. The van der Waals surface area contributed by atoms with E-state index in [0.29, 0.717) is 12.1 Å². The Kier molecular flexibility index (Phi) is 3.22. The second-order valence-corrected chi connectivity index (χ2v) is 5.40. The zero-order chi connectivity index (χ0) is 12.5. The molecule has 1 aliphatic rings. The lowest BCUT2D eigenvalue weighted by molar-refractivity contribution is 0.0560. The number of nitriles is 1. The molecule has 6 heteroatoms. The largest absolute Gasteiger partial charge is 0.388 e. The molecule has 0 bridgehead atoms. The molecule has 1 saturated carbocycles. The maximum absolute atomic E-state index is 10.3. The van der Waals surface area contributed by atoms with Crippen LogP contribution in [0.1, 0.15) is 31.2 Å². The standard InChI is InChI=1S/C11H16N4OS/c1-15(7-11(16)4-2-3-5-11)10-8(6-12)9(13)14-17-10/h16H,2-5,7H2,1H3,(H2,13,14). The van der Waals surface area contributed by atoms with Gasteiger partial charge < -0.3 is 15.7 Å². The SMILES string of the molecule is CN(CC1(O)CCCC1)c1snc(N)c1C#N. The summed E-state index contributed by atoms with van der Waals surface area (Å²) in [5.41, 5.74) is 5.41. The van der Waals surface area contributed by atoms with Crippen molar-refractivity contribution < 1.29 is 5.11 Å². The van der Waals surface area contributed by atoms with Gasteiger partial charge in [-0.3, -0.25) is 0 Å². The molecule has 0 aromatic carbocycles. The van der Waals surface area contributed by atoms with Crippen LogP contribution in [0.15, 0.2) is 0 Å². The summed E-state index contributed by atoms with van der Waals surface area (Å²) in [4.78, 5) is 1.89. The number of aliphatic hydroxyl groups is 1. The summed E-state index contributed by atoms with van der Waals surface area (Å²) in [6.07, 6.45) is 3.79. The first-order valence-electron chi connectivity index (χ1n) is 5.64. The van der Waals surface area contributed by atoms with Crippen molar-refractivity contribution in [3.63, 3.8) is 0 Å². The Hall–Kier alpha value is -1.32. The maximum Gasteiger partial charge on any atom is 0.157 e. The first-order chi connectivity index (χ1) is 8.06. The number of anilines is 2. The topological polar surface area (TPSA) is 86.2 Å². The second-order valence-electron chi connectivity index (χ2n) is 4.65. The molecule has 0 unspecified atom stereocenters. The van der Waals surface area contributed by atoms with E-state index in [4.69, 9.17) is 11.0 Å². The normalized spacial score (nSPS) is 17.9. The van der Waals surface area contributed by atoms with Gasteiger partial charge in [-0.15, -0.1) is 0 Å². The molecular weight excluding hydrogens is 236 g/mol. The third-order valence-electron chi connectivity index (χ3n) is 3.22. The van der Waals surface area contributed by atoms with Gasteiger partial charge in [-0.25, -0.2) is 0 Å². The maximum atomic E-state index is 10.3. The van der Waals surface area contributed by atoms with Gasteiger partial charge in [0.2, 0.25) is 0 Å². The van der Waals surface area contributed by atoms with Gasteiger partial charge in [-0.05, 0) is 24.4 Å². The quantitative estimate of drug-likeness (QED) is 0.847. The predicted molar refractivity (Wildman–Crippen MR) is 67.9 cm³/mol. The van der Waals surface area contributed by atoms with Crippen LogP contribution in [-0.4, -0.2) is 28.7 Å². The number of aromatic nitrogens is 1. The van der Waals surface area contributed by atoms with E-state index in [2.05, 4.69) is 10.4 Å². The van der Waals surface area contributed by atoms with Crippen molar-refractivity contribution in [2.75, 3.05) is 24.2 Å². The zero-order valence-electron chi connectivity index (χ0n) is 9.81. The molecule has 0 atom stereocenters. The number of hydrogen-bond donors (Lipinski definition) is 2. The van der Waals surface area contributed by atoms with Crippen LogP contribution in [-0.2, 0) is 0 Å². The predicted octanol–water partition coefficient (Wildman–Crippen LogP) is 1.34. The molecule has 0 saturated heterocycles. The summed E-state index contributed by atoms with van der Waals surface area (Å²) >= 11 is 1.21. The van der Waals surface area contributed by atoms with Crippen LogP contribution in [0.3, 0.4) is 0 Å². The molecule has 0 amide bonds. The van der Waals surface area contributed by atoms with E-state index in [1.807, 2.05) is 11.9 Å². The molecule has 1 heterocycles. The monoisotopic (exact) mass is 252 g/mol. The molecule has 0 aliphatic heterocycles. The number of hydrogen-bond acceptors (Lipinski definition) is 6. The van der Waals surface area contributed by atoms with E-state index >= 15 is 0 Å². The van der Waals surface area contributed by atoms with Gasteiger partial charge in [0.1, 0.15) is 16.6 Å².